The van der Waals surface area contributed by atoms with Crippen molar-refractivity contribution in [2.45, 2.75) is 19.8 Å². The molecule has 0 unspecified atom stereocenters. The highest BCUT2D eigenvalue weighted by atomic mass is 35.5. The Balaban J connectivity index is 1.96. The Kier molecular flexibility index (Phi) is 5.77. The van der Waals surface area contributed by atoms with E-state index in [1.807, 2.05) is 31.2 Å². The van der Waals surface area contributed by atoms with Gasteiger partial charge in [-0.3, -0.25) is 9.59 Å². The van der Waals surface area contributed by atoms with Crippen LogP contribution < -0.4 is 10.1 Å². The van der Waals surface area contributed by atoms with Gasteiger partial charge in [0.2, 0.25) is 5.91 Å². The van der Waals surface area contributed by atoms with Gasteiger partial charge < -0.3 is 10.1 Å². The predicted octanol–water partition coefficient (Wildman–Crippen LogP) is 4.26. The first-order valence-electron chi connectivity index (χ1n) is 7.23. The molecule has 0 aromatic heterocycles. The van der Waals surface area contributed by atoms with Gasteiger partial charge in [0.15, 0.2) is 5.78 Å². The summed E-state index contributed by atoms with van der Waals surface area (Å²) in [5, 5.41) is 3.24. The SMILES string of the molecule is COc1ccc(Cl)cc1C(=O)CCC(=O)Nc1cccc(C)c1. The summed E-state index contributed by atoms with van der Waals surface area (Å²) in [4.78, 5) is 24.2. The third-order valence-corrected chi connectivity index (χ3v) is 3.58. The molecule has 5 heteroatoms. The van der Waals surface area contributed by atoms with Crippen molar-refractivity contribution in [3.63, 3.8) is 0 Å². The van der Waals surface area contributed by atoms with Crippen molar-refractivity contribution >= 4 is 29.0 Å². The van der Waals surface area contributed by atoms with E-state index in [-0.39, 0.29) is 24.5 Å². The fourth-order valence-electron chi connectivity index (χ4n) is 2.21. The number of carbonyl (C=O) groups is 2. The van der Waals surface area contributed by atoms with Crippen molar-refractivity contribution in [2.75, 3.05) is 12.4 Å². The first kappa shape index (κ1) is 17.0. The first-order chi connectivity index (χ1) is 11.0. The molecule has 1 amide bonds. The number of hydrogen-bond acceptors (Lipinski definition) is 3. The van der Waals surface area contributed by atoms with E-state index in [0.717, 1.165) is 11.3 Å². The van der Waals surface area contributed by atoms with Gasteiger partial charge in [0.05, 0.1) is 12.7 Å². The van der Waals surface area contributed by atoms with Crippen LogP contribution in [0.2, 0.25) is 5.02 Å². The Morgan fingerprint density at radius 3 is 2.61 bits per heavy atom. The minimum atomic E-state index is -0.204. The minimum Gasteiger partial charge on any atom is -0.496 e. The van der Waals surface area contributed by atoms with E-state index in [0.29, 0.717) is 16.3 Å². The number of halogens is 1. The zero-order valence-corrected chi connectivity index (χ0v) is 13.8. The van der Waals surface area contributed by atoms with Gasteiger partial charge >= 0.3 is 0 Å². The molecule has 4 nitrogen and oxygen atoms in total. The normalized spacial score (nSPS) is 10.2. The van der Waals surface area contributed by atoms with Gasteiger partial charge in [-0.05, 0) is 42.8 Å². The molecule has 0 fully saturated rings. The quantitative estimate of drug-likeness (QED) is 0.805. The minimum absolute atomic E-state index is 0.0916. The van der Waals surface area contributed by atoms with Crippen LogP contribution in [-0.2, 0) is 4.79 Å². The zero-order chi connectivity index (χ0) is 16.8. The standard InChI is InChI=1S/C18H18ClNO3/c1-12-4-3-5-14(10-12)20-18(22)9-7-16(21)15-11-13(19)6-8-17(15)23-2/h3-6,8,10-11H,7,9H2,1-2H3,(H,20,22). The Hall–Kier alpha value is -2.33. The van der Waals surface area contributed by atoms with Crippen LogP contribution in [0.3, 0.4) is 0 Å². The summed E-state index contributed by atoms with van der Waals surface area (Å²) >= 11 is 5.92. The number of benzene rings is 2. The summed E-state index contributed by atoms with van der Waals surface area (Å²) < 4.78 is 5.16. The van der Waals surface area contributed by atoms with Crippen LogP contribution in [0, 0.1) is 6.92 Å². The van der Waals surface area contributed by atoms with E-state index >= 15 is 0 Å². The number of ether oxygens (including phenoxy) is 1. The van der Waals surface area contributed by atoms with Crippen LogP contribution in [0.5, 0.6) is 5.75 Å². The number of aryl methyl sites for hydroxylation is 1. The van der Waals surface area contributed by atoms with Crippen molar-refractivity contribution in [1.29, 1.82) is 0 Å². The lowest BCUT2D eigenvalue weighted by molar-refractivity contribution is -0.116. The summed E-state index contributed by atoms with van der Waals surface area (Å²) in [6, 6.07) is 12.4. The highest BCUT2D eigenvalue weighted by molar-refractivity contribution is 6.31. The second-order valence-electron chi connectivity index (χ2n) is 5.19. The van der Waals surface area contributed by atoms with Gasteiger partial charge in [0.1, 0.15) is 5.75 Å². The first-order valence-corrected chi connectivity index (χ1v) is 7.60. The van der Waals surface area contributed by atoms with Crippen LogP contribution in [0.25, 0.3) is 0 Å². The van der Waals surface area contributed by atoms with Gasteiger partial charge in [-0.1, -0.05) is 23.7 Å². The van der Waals surface area contributed by atoms with E-state index in [2.05, 4.69) is 5.32 Å². The van der Waals surface area contributed by atoms with Crippen LogP contribution in [0.15, 0.2) is 42.5 Å². The van der Waals surface area contributed by atoms with Crippen molar-refractivity contribution in [3.05, 3.63) is 58.6 Å². The molecule has 120 valence electrons. The Morgan fingerprint density at radius 1 is 1.13 bits per heavy atom. The molecule has 1 N–H and O–H groups in total. The number of ketones is 1. The van der Waals surface area contributed by atoms with Crippen LogP contribution in [0.1, 0.15) is 28.8 Å². The van der Waals surface area contributed by atoms with Gasteiger partial charge in [0, 0.05) is 23.6 Å². The molecule has 2 aromatic rings. The third kappa shape index (κ3) is 4.83. The molecular formula is C18H18ClNO3. The topological polar surface area (TPSA) is 55.4 Å². The molecule has 0 saturated carbocycles. The molecular weight excluding hydrogens is 314 g/mol. The van der Waals surface area contributed by atoms with Crippen molar-refractivity contribution in [2.24, 2.45) is 0 Å². The van der Waals surface area contributed by atoms with Crippen molar-refractivity contribution in [3.8, 4) is 5.75 Å². The number of Topliss-reactive ketones (excluding diaryl/α,β-unsaturated/α-hetero) is 1. The third-order valence-electron chi connectivity index (χ3n) is 3.34. The predicted molar refractivity (Wildman–Crippen MR) is 91.4 cm³/mol. The second-order valence-corrected chi connectivity index (χ2v) is 5.62. The average molecular weight is 332 g/mol. The van der Waals surface area contributed by atoms with Crippen LogP contribution in [-0.4, -0.2) is 18.8 Å². The fraction of sp³-hybridized carbons (Fsp3) is 0.222. The summed E-state index contributed by atoms with van der Waals surface area (Å²) in [6.45, 7) is 1.95. The monoisotopic (exact) mass is 331 g/mol. The number of hydrogen-bond donors (Lipinski definition) is 1. The molecule has 2 aromatic carbocycles. The maximum absolute atomic E-state index is 12.3. The number of amides is 1. The summed E-state index contributed by atoms with van der Waals surface area (Å²) in [5.74, 6) is 0.0761. The maximum Gasteiger partial charge on any atom is 0.224 e. The van der Waals surface area contributed by atoms with E-state index in [4.69, 9.17) is 16.3 Å². The molecule has 0 saturated heterocycles. The molecule has 0 radical (unpaired) electrons. The number of carbonyl (C=O) groups excluding carboxylic acids is 2. The van der Waals surface area contributed by atoms with Crippen molar-refractivity contribution < 1.29 is 14.3 Å². The molecule has 23 heavy (non-hydrogen) atoms. The molecule has 0 spiro atoms. The van der Waals surface area contributed by atoms with Gasteiger partial charge in [-0.2, -0.15) is 0 Å². The molecule has 0 aliphatic rings. The lowest BCUT2D eigenvalue weighted by Crippen LogP contribution is -2.14. The molecule has 0 aliphatic carbocycles. The van der Waals surface area contributed by atoms with E-state index < -0.39 is 0 Å². The fourth-order valence-corrected chi connectivity index (χ4v) is 2.38. The van der Waals surface area contributed by atoms with Gasteiger partial charge in [-0.15, -0.1) is 0 Å². The van der Waals surface area contributed by atoms with Gasteiger partial charge in [0.25, 0.3) is 0 Å². The van der Waals surface area contributed by atoms with Gasteiger partial charge in [-0.25, -0.2) is 0 Å². The average Bonchev–Trinajstić information content (AvgIpc) is 2.52. The highest BCUT2D eigenvalue weighted by Crippen LogP contribution is 2.24. The van der Waals surface area contributed by atoms with E-state index in [9.17, 15) is 9.59 Å². The largest absolute Gasteiger partial charge is 0.496 e. The second kappa shape index (κ2) is 7.79. The molecule has 0 atom stereocenters. The summed E-state index contributed by atoms with van der Waals surface area (Å²) in [6.07, 6.45) is 0.191. The number of anilines is 1. The number of methoxy groups -OCH3 is 1. The zero-order valence-electron chi connectivity index (χ0n) is 13.1. The maximum atomic E-state index is 12.3. The smallest absolute Gasteiger partial charge is 0.224 e. The summed E-state index contributed by atoms with van der Waals surface area (Å²) in [5.41, 5.74) is 2.17. The van der Waals surface area contributed by atoms with Crippen molar-refractivity contribution in [1.82, 2.24) is 0 Å². The molecule has 0 aliphatic heterocycles. The molecule has 0 heterocycles. The van der Waals surface area contributed by atoms with Crippen LogP contribution >= 0.6 is 11.6 Å². The van der Waals surface area contributed by atoms with E-state index in [1.54, 1.807) is 18.2 Å². The molecule has 2 rings (SSSR count). The lowest BCUT2D eigenvalue weighted by Gasteiger charge is -2.09. The summed E-state index contributed by atoms with van der Waals surface area (Å²) in [7, 11) is 1.49. The number of rotatable bonds is 6. The van der Waals surface area contributed by atoms with Crippen LogP contribution in [0.4, 0.5) is 5.69 Å². The molecule has 0 bridgehead atoms. The lowest BCUT2D eigenvalue weighted by atomic mass is 10.1. The Morgan fingerprint density at radius 2 is 1.91 bits per heavy atom. The van der Waals surface area contributed by atoms with E-state index in [1.165, 1.54) is 7.11 Å². The Bertz CT molecular complexity index is 728. The number of nitrogens with one attached hydrogen (secondary N) is 1. The highest BCUT2D eigenvalue weighted by Gasteiger charge is 2.14. The Labute approximate surface area is 140 Å².